The van der Waals surface area contributed by atoms with Crippen molar-refractivity contribution in [2.24, 2.45) is 0 Å². The number of ether oxygens (including phenoxy) is 2. The van der Waals surface area contributed by atoms with Gasteiger partial charge in [0, 0.05) is 36.6 Å². The number of sulfonamides is 1. The van der Waals surface area contributed by atoms with E-state index < -0.39 is 15.8 Å². The van der Waals surface area contributed by atoms with Crippen LogP contribution in [0.25, 0.3) is 12.2 Å². The standard InChI is InChI=1S/C28H35FN2O5S/c1-6-20-15-19(16-24(29)27(20)31-37(5,33)34)18-30-26(32)10-8-21-7-9-22(28(2,3)4)17-25(21)36-23-11-13-35-14-12-23/h6-10,15-17,23,31H,1,11-14,18H2,2-5H3,(H,30,32)/b10-8+. The van der Waals surface area contributed by atoms with E-state index in [4.69, 9.17) is 9.47 Å². The molecule has 0 atom stereocenters. The van der Waals surface area contributed by atoms with Crippen LogP contribution < -0.4 is 14.8 Å². The molecule has 2 aromatic carbocycles. The average Bonchev–Trinajstić information content (AvgIpc) is 2.82. The van der Waals surface area contributed by atoms with Crippen LogP contribution in [0.5, 0.6) is 5.75 Å². The highest BCUT2D eigenvalue weighted by atomic mass is 32.2. The molecule has 1 saturated heterocycles. The fourth-order valence-corrected chi connectivity index (χ4v) is 4.46. The third kappa shape index (κ3) is 8.43. The van der Waals surface area contributed by atoms with Gasteiger partial charge in [0.25, 0.3) is 0 Å². The molecule has 1 fully saturated rings. The Bertz CT molecular complexity index is 1280. The number of benzene rings is 2. The first kappa shape index (κ1) is 28.4. The average molecular weight is 531 g/mol. The second-order valence-corrected chi connectivity index (χ2v) is 11.9. The first-order valence-electron chi connectivity index (χ1n) is 12.1. The monoisotopic (exact) mass is 530 g/mol. The number of halogens is 1. The highest BCUT2D eigenvalue weighted by Gasteiger charge is 2.20. The minimum atomic E-state index is -3.66. The molecule has 0 radical (unpaired) electrons. The lowest BCUT2D eigenvalue weighted by Crippen LogP contribution is -2.26. The van der Waals surface area contributed by atoms with Crippen molar-refractivity contribution in [2.75, 3.05) is 24.2 Å². The number of anilines is 1. The van der Waals surface area contributed by atoms with E-state index in [9.17, 15) is 17.6 Å². The van der Waals surface area contributed by atoms with Crippen molar-refractivity contribution in [1.82, 2.24) is 5.32 Å². The Morgan fingerprint density at radius 1 is 1.19 bits per heavy atom. The number of nitrogens with one attached hydrogen (secondary N) is 2. The lowest BCUT2D eigenvalue weighted by molar-refractivity contribution is -0.116. The van der Waals surface area contributed by atoms with Gasteiger partial charge in [0.2, 0.25) is 15.9 Å². The molecule has 1 aliphatic heterocycles. The maximum absolute atomic E-state index is 14.6. The molecule has 2 aromatic rings. The number of rotatable bonds is 9. The summed E-state index contributed by atoms with van der Waals surface area (Å²) in [5.41, 5.74) is 2.42. The van der Waals surface area contributed by atoms with Gasteiger partial charge < -0.3 is 14.8 Å². The molecule has 1 aliphatic rings. The molecule has 0 bridgehead atoms. The Morgan fingerprint density at radius 2 is 1.89 bits per heavy atom. The highest BCUT2D eigenvalue weighted by Crippen LogP contribution is 2.31. The third-order valence-electron chi connectivity index (χ3n) is 5.91. The van der Waals surface area contributed by atoms with Gasteiger partial charge in [-0.05, 0) is 40.8 Å². The van der Waals surface area contributed by atoms with Crippen molar-refractivity contribution in [3.63, 3.8) is 0 Å². The summed E-state index contributed by atoms with van der Waals surface area (Å²) in [5, 5.41) is 2.73. The van der Waals surface area contributed by atoms with E-state index in [2.05, 4.69) is 37.4 Å². The van der Waals surface area contributed by atoms with Gasteiger partial charge in [-0.3, -0.25) is 9.52 Å². The largest absolute Gasteiger partial charge is 0.490 e. The Labute approximate surface area is 218 Å². The van der Waals surface area contributed by atoms with Crippen molar-refractivity contribution in [2.45, 2.75) is 51.7 Å². The van der Waals surface area contributed by atoms with Crippen molar-refractivity contribution in [3.05, 3.63) is 71.1 Å². The highest BCUT2D eigenvalue weighted by molar-refractivity contribution is 7.92. The van der Waals surface area contributed by atoms with Crippen LogP contribution in [0, 0.1) is 5.82 Å². The van der Waals surface area contributed by atoms with Crippen molar-refractivity contribution < 1.29 is 27.1 Å². The van der Waals surface area contributed by atoms with Gasteiger partial charge in [-0.1, -0.05) is 45.6 Å². The molecule has 1 heterocycles. The van der Waals surface area contributed by atoms with Gasteiger partial charge >= 0.3 is 0 Å². The zero-order valence-electron chi connectivity index (χ0n) is 21.8. The molecule has 1 amide bonds. The number of carbonyl (C=O) groups is 1. The summed E-state index contributed by atoms with van der Waals surface area (Å²) in [5.74, 6) is -0.401. The fraction of sp³-hybridized carbons (Fsp3) is 0.393. The SMILES string of the molecule is C=Cc1cc(CNC(=O)/C=C/c2ccc(C(C)(C)C)cc2OC2CCOCC2)cc(F)c1NS(C)(=O)=O. The molecule has 200 valence electrons. The van der Waals surface area contributed by atoms with Gasteiger partial charge in [-0.25, -0.2) is 12.8 Å². The topological polar surface area (TPSA) is 93.7 Å². The first-order valence-corrected chi connectivity index (χ1v) is 14.0. The maximum Gasteiger partial charge on any atom is 0.244 e. The van der Waals surface area contributed by atoms with Crippen LogP contribution in [-0.2, 0) is 31.5 Å². The molecule has 9 heteroatoms. The van der Waals surface area contributed by atoms with Gasteiger partial charge in [-0.2, -0.15) is 0 Å². The number of carbonyl (C=O) groups excluding carboxylic acids is 1. The molecule has 3 rings (SSSR count). The number of amides is 1. The Balaban J connectivity index is 1.73. The summed E-state index contributed by atoms with van der Waals surface area (Å²) in [6.07, 6.45) is 7.08. The van der Waals surface area contributed by atoms with Crippen LogP contribution in [0.15, 0.2) is 43.0 Å². The molecule has 0 saturated carbocycles. The molecular formula is C28H35FN2O5S. The van der Waals surface area contributed by atoms with Crippen LogP contribution >= 0.6 is 0 Å². The van der Waals surface area contributed by atoms with E-state index in [0.717, 1.165) is 36.0 Å². The predicted octanol–water partition coefficient (Wildman–Crippen LogP) is 5.03. The smallest absolute Gasteiger partial charge is 0.244 e. The van der Waals surface area contributed by atoms with Crippen LogP contribution in [0.1, 0.15) is 55.9 Å². The van der Waals surface area contributed by atoms with Gasteiger partial charge in [0.15, 0.2) is 0 Å². The summed E-state index contributed by atoms with van der Waals surface area (Å²) in [6, 6.07) is 8.74. The summed E-state index contributed by atoms with van der Waals surface area (Å²) in [4.78, 5) is 12.6. The number of hydrogen-bond donors (Lipinski definition) is 2. The second-order valence-electron chi connectivity index (χ2n) is 10.1. The van der Waals surface area contributed by atoms with Crippen molar-refractivity contribution in [3.8, 4) is 5.75 Å². The molecular weight excluding hydrogens is 495 g/mol. The molecule has 0 aromatic heterocycles. The van der Waals surface area contributed by atoms with E-state index in [0.29, 0.717) is 18.8 Å². The first-order chi connectivity index (χ1) is 17.4. The Morgan fingerprint density at radius 3 is 2.51 bits per heavy atom. The van der Waals surface area contributed by atoms with E-state index in [1.807, 2.05) is 18.2 Å². The predicted molar refractivity (Wildman–Crippen MR) is 145 cm³/mol. The van der Waals surface area contributed by atoms with Crippen LogP contribution in [-0.4, -0.2) is 39.9 Å². The zero-order chi connectivity index (χ0) is 27.2. The quantitative estimate of drug-likeness (QED) is 0.444. The van der Waals surface area contributed by atoms with Gasteiger partial charge in [-0.15, -0.1) is 0 Å². The summed E-state index contributed by atoms with van der Waals surface area (Å²) in [6.45, 7) is 11.4. The minimum Gasteiger partial charge on any atom is -0.490 e. The summed E-state index contributed by atoms with van der Waals surface area (Å²) >= 11 is 0. The van der Waals surface area contributed by atoms with Gasteiger partial charge in [0.05, 0.1) is 25.2 Å². The lowest BCUT2D eigenvalue weighted by atomic mass is 9.86. The fourth-order valence-electron chi connectivity index (χ4n) is 3.87. The number of hydrogen-bond acceptors (Lipinski definition) is 5. The van der Waals surface area contributed by atoms with E-state index in [1.165, 1.54) is 18.2 Å². The Kier molecular flexibility index (Phi) is 9.15. The van der Waals surface area contributed by atoms with Crippen LogP contribution in [0.2, 0.25) is 0 Å². The zero-order valence-corrected chi connectivity index (χ0v) is 22.6. The summed E-state index contributed by atoms with van der Waals surface area (Å²) in [7, 11) is -3.66. The lowest BCUT2D eigenvalue weighted by Gasteiger charge is -2.26. The van der Waals surface area contributed by atoms with Crippen LogP contribution in [0.3, 0.4) is 0 Å². The molecule has 0 spiro atoms. The molecule has 7 nitrogen and oxygen atoms in total. The molecule has 0 aliphatic carbocycles. The van der Waals surface area contributed by atoms with Gasteiger partial charge in [0.1, 0.15) is 17.7 Å². The van der Waals surface area contributed by atoms with Crippen molar-refractivity contribution >= 4 is 33.8 Å². The van der Waals surface area contributed by atoms with E-state index in [1.54, 1.807) is 12.1 Å². The Hall–Kier alpha value is -3.17. The molecule has 37 heavy (non-hydrogen) atoms. The van der Waals surface area contributed by atoms with Crippen molar-refractivity contribution in [1.29, 1.82) is 0 Å². The normalized spacial score (nSPS) is 14.9. The van der Waals surface area contributed by atoms with Crippen LogP contribution in [0.4, 0.5) is 10.1 Å². The maximum atomic E-state index is 14.6. The second kappa shape index (κ2) is 11.9. The van der Waals surface area contributed by atoms with E-state index in [-0.39, 0.29) is 35.2 Å². The summed E-state index contributed by atoms with van der Waals surface area (Å²) < 4.78 is 51.5. The minimum absolute atomic E-state index is 0.0501. The third-order valence-corrected chi connectivity index (χ3v) is 6.49. The molecule has 2 N–H and O–H groups in total. The van der Waals surface area contributed by atoms with E-state index >= 15 is 0 Å². The molecule has 0 unspecified atom stereocenters.